The number of rotatable bonds is 7. The molecule has 2 heterocycles. The molecule has 35 heavy (non-hydrogen) atoms. The monoisotopic (exact) mass is 463 g/mol. The van der Waals surface area contributed by atoms with E-state index in [9.17, 15) is 9.59 Å². The van der Waals surface area contributed by atoms with Gasteiger partial charge in [-0.3, -0.25) is 14.6 Å². The topological polar surface area (TPSA) is 99.2 Å². The van der Waals surface area contributed by atoms with Gasteiger partial charge in [-0.1, -0.05) is 54.6 Å². The molecule has 1 aliphatic rings. The van der Waals surface area contributed by atoms with Crippen molar-refractivity contribution >= 4 is 28.9 Å². The van der Waals surface area contributed by atoms with Gasteiger partial charge < -0.3 is 15.6 Å². The normalized spacial score (nSPS) is 14.9. The Bertz CT molecular complexity index is 1370. The van der Waals surface area contributed by atoms with Crippen LogP contribution in [0.4, 0.5) is 11.4 Å². The molecule has 1 atom stereocenters. The lowest BCUT2D eigenvalue weighted by Gasteiger charge is -2.15. The van der Waals surface area contributed by atoms with E-state index in [2.05, 4.69) is 20.6 Å². The standard InChI is InChI=1S/C28H25N5O2/c1-18(34)30-15-14-19-6-8-21(9-7-19)27(26-23-4-2-3-5-24(23)33-28(26)35)32-22-12-10-20(11-13-22)25-16-29-17-31-25/h2-13,16-17,26H,14-15H2,1H3,(H,29,31)(H,30,34)(H,33,35). The average molecular weight is 464 g/mol. The van der Waals surface area contributed by atoms with Crippen LogP contribution >= 0.6 is 0 Å². The Balaban J connectivity index is 1.50. The van der Waals surface area contributed by atoms with Gasteiger partial charge in [-0.2, -0.15) is 0 Å². The second-order valence-electron chi connectivity index (χ2n) is 8.45. The predicted octanol–water partition coefficient (Wildman–Crippen LogP) is 4.61. The van der Waals surface area contributed by atoms with Crippen LogP contribution < -0.4 is 10.6 Å². The van der Waals surface area contributed by atoms with Crippen LogP contribution in [0.3, 0.4) is 0 Å². The number of nitrogens with zero attached hydrogens (tertiary/aromatic N) is 2. The summed E-state index contributed by atoms with van der Waals surface area (Å²) < 4.78 is 0. The van der Waals surface area contributed by atoms with E-state index >= 15 is 0 Å². The zero-order valence-corrected chi connectivity index (χ0v) is 19.3. The molecule has 4 aromatic rings. The summed E-state index contributed by atoms with van der Waals surface area (Å²) in [6.45, 7) is 2.09. The van der Waals surface area contributed by atoms with Gasteiger partial charge in [0.05, 0.1) is 29.6 Å². The van der Waals surface area contributed by atoms with Gasteiger partial charge in [0.25, 0.3) is 0 Å². The Labute approximate surface area is 203 Å². The van der Waals surface area contributed by atoms with Crippen molar-refractivity contribution in [3.8, 4) is 11.3 Å². The number of aliphatic imine (C=N–C) groups is 1. The number of para-hydroxylation sites is 1. The lowest BCUT2D eigenvalue weighted by molar-refractivity contribution is -0.119. The second-order valence-corrected chi connectivity index (χ2v) is 8.45. The zero-order chi connectivity index (χ0) is 24.2. The van der Waals surface area contributed by atoms with Crippen LogP contribution in [0.15, 0.2) is 90.3 Å². The molecule has 3 aromatic carbocycles. The molecule has 0 fully saturated rings. The predicted molar refractivity (Wildman–Crippen MR) is 137 cm³/mol. The molecular weight excluding hydrogens is 438 g/mol. The van der Waals surface area contributed by atoms with Crippen molar-refractivity contribution in [2.24, 2.45) is 4.99 Å². The molecule has 1 aliphatic heterocycles. The fourth-order valence-corrected chi connectivity index (χ4v) is 4.27. The number of nitrogens with one attached hydrogen (secondary N) is 3. The van der Waals surface area contributed by atoms with E-state index in [0.717, 1.165) is 45.7 Å². The minimum absolute atomic E-state index is 0.0412. The van der Waals surface area contributed by atoms with Gasteiger partial charge in [0.2, 0.25) is 11.8 Å². The summed E-state index contributed by atoms with van der Waals surface area (Å²) in [5.74, 6) is -0.641. The van der Waals surface area contributed by atoms with E-state index in [4.69, 9.17) is 4.99 Å². The molecule has 0 spiro atoms. The van der Waals surface area contributed by atoms with Crippen LogP contribution in [-0.4, -0.2) is 34.0 Å². The van der Waals surface area contributed by atoms with Gasteiger partial charge in [0, 0.05) is 19.2 Å². The number of hydrogen-bond acceptors (Lipinski definition) is 4. The molecule has 1 aromatic heterocycles. The summed E-state index contributed by atoms with van der Waals surface area (Å²) in [7, 11) is 0. The van der Waals surface area contributed by atoms with Crippen molar-refractivity contribution in [2.45, 2.75) is 19.3 Å². The Hall–Kier alpha value is -4.52. The maximum Gasteiger partial charge on any atom is 0.238 e. The number of imidazole rings is 1. The van der Waals surface area contributed by atoms with Crippen molar-refractivity contribution in [2.75, 3.05) is 11.9 Å². The summed E-state index contributed by atoms with van der Waals surface area (Å²) in [5, 5.41) is 5.81. The molecule has 0 saturated carbocycles. The molecule has 0 saturated heterocycles. The molecule has 7 nitrogen and oxygen atoms in total. The minimum Gasteiger partial charge on any atom is -0.356 e. The molecule has 2 amide bonds. The first kappa shape index (κ1) is 22.3. The summed E-state index contributed by atoms with van der Waals surface area (Å²) in [4.78, 5) is 36.4. The van der Waals surface area contributed by atoms with Crippen LogP contribution in [0.2, 0.25) is 0 Å². The second kappa shape index (κ2) is 9.77. The fourth-order valence-electron chi connectivity index (χ4n) is 4.27. The lowest BCUT2D eigenvalue weighted by Crippen LogP contribution is -2.23. The highest BCUT2D eigenvalue weighted by atomic mass is 16.2. The molecule has 0 radical (unpaired) electrons. The van der Waals surface area contributed by atoms with E-state index in [1.54, 1.807) is 12.5 Å². The van der Waals surface area contributed by atoms with Crippen LogP contribution in [0, 0.1) is 0 Å². The maximum absolute atomic E-state index is 13.1. The number of amides is 2. The largest absolute Gasteiger partial charge is 0.356 e. The first-order valence-corrected chi connectivity index (χ1v) is 11.5. The summed E-state index contributed by atoms with van der Waals surface area (Å²) >= 11 is 0. The smallest absolute Gasteiger partial charge is 0.238 e. The lowest BCUT2D eigenvalue weighted by atomic mass is 9.90. The molecule has 0 aliphatic carbocycles. The highest BCUT2D eigenvalue weighted by Gasteiger charge is 2.35. The molecule has 1 unspecified atom stereocenters. The third-order valence-electron chi connectivity index (χ3n) is 6.03. The van der Waals surface area contributed by atoms with E-state index in [1.807, 2.05) is 72.8 Å². The number of H-pyrrole nitrogens is 1. The van der Waals surface area contributed by atoms with Crippen LogP contribution in [0.25, 0.3) is 11.3 Å². The van der Waals surface area contributed by atoms with Crippen molar-refractivity contribution < 1.29 is 9.59 Å². The van der Waals surface area contributed by atoms with Crippen molar-refractivity contribution in [3.05, 3.63) is 102 Å². The number of hydrogen-bond donors (Lipinski definition) is 3. The summed E-state index contributed by atoms with van der Waals surface area (Å²) in [6.07, 6.45) is 4.15. The van der Waals surface area contributed by atoms with E-state index in [0.29, 0.717) is 12.3 Å². The van der Waals surface area contributed by atoms with Gasteiger partial charge >= 0.3 is 0 Å². The SMILES string of the molecule is CC(=O)NCCc1ccc(C(=Nc2ccc(-c3cnc[nH]3)cc2)C2C(=O)Nc3ccccc32)cc1. The Morgan fingerprint density at radius 2 is 1.80 bits per heavy atom. The van der Waals surface area contributed by atoms with Crippen LogP contribution in [0.5, 0.6) is 0 Å². The summed E-state index contributed by atoms with van der Waals surface area (Å²) in [6, 6.07) is 23.6. The van der Waals surface area contributed by atoms with E-state index < -0.39 is 5.92 Å². The third-order valence-corrected chi connectivity index (χ3v) is 6.03. The number of fused-ring (bicyclic) bond motifs is 1. The highest BCUT2D eigenvalue weighted by molar-refractivity contribution is 6.24. The van der Waals surface area contributed by atoms with E-state index in [-0.39, 0.29) is 11.8 Å². The molecule has 174 valence electrons. The number of aromatic nitrogens is 2. The quantitative estimate of drug-likeness (QED) is 0.349. The summed E-state index contributed by atoms with van der Waals surface area (Å²) in [5.41, 5.74) is 7.10. The maximum atomic E-state index is 13.1. The number of aromatic amines is 1. The molecule has 5 rings (SSSR count). The van der Waals surface area contributed by atoms with Crippen molar-refractivity contribution in [3.63, 3.8) is 0 Å². The van der Waals surface area contributed by atoms with Crippen molar-refractivity contribution in [1.82, 2.24) is 15.3 Å². The Morgan fingerprint density at radius 1 is 1.03 bits per heavy atom. The van der Waals surface area contributed by atoms with Gasteiger partial charge in [0.1, 0.15) is 5.92 Å². The fraction of sp³-hybridized carbons (Fsp3) is 0.143. The van der Waals surface area contributed by atoms with Crippen LogP contribution in [0.1, 0.15) is 29.5 Å². The van der Waals surface area contributed by atoms with Crippen LogP contribution in [-0.2, 0) is 16.0 Å². The van der Waals surface area contributed by atoms with Gasteiger partial charge in [0.15, 0.2) is 0 Å². The minimum atomic E-state index is -0.510. The number of carbonyl (C=O) groups is 2. The number of benzene rings is 3. The Morgan fingerprint density at radius 3 is 2.51 bits per heavy atom. The molecule has 7 heteroatoms. The average Bonchev–Trinajstić information content (AvgIpc) is 3.51. The first-order valence-electron chi connectivity index (χ1n) is 11.5. The Kier molecular flexibility index (Phi) is 6.22. The zero-order valence-electron chi connectivity index (χ0n) is 19.3. The first-order chi connectivity index (χ1) is 17.1. The third kappa shape index (κ3) is 4.89. The molecular formula is C28H25N5O2. The van der Waals surface area contributed by atoms with Gasteiger partial charge in [-0.25, -0.2) is 4.98 Å². The van der Waals surface area contributed by atoms with E-state index in [1.165, 1.54) is 6.92 Å². The number of carbonyl (C=O) groups excluding carboxylic acids is 2. The van der Waals surface area contributed by atoms with Crippen molar-refractivity contribution in [1.29, 1.82) is 0 Å². The molecule has 0 bridgehead atoms. The van der Waals surface area contributed by atoms with Gasteiger partial charge in [-0.05, 0) is 46.9 Å². The van der Waals surface area contributed by atoms with Gasteiger partial charge in [-0.15, -0.1) is 0 Å². The molecule has 3 N–H and O–H groups in total. The number of anilines is 1. The highest BCUT2D eigenvalue weighted by Crippen LogP contribution is 2.36.